The van der Waals surface area contributed by atoms with E-state index in [1.807, 2.05) is 13.8 Å². The fourth-order valence-corrected chi connectivity index (χ4v) is 3.67. The van der Waals surface area contributed by atoms with Crippen LogP contribution in [0.2, 0.25) is 10.0 Å². The molecule has 1 unspecified atom stereocenters. The molecule has 174 valence electrons. The van der Waals surface area contributed by atoms with Gasteiger partial charge in [0.15, 0.2) is 6.61 Å². The van der Waals surface area contributed by atoms with Gasteiger partial charge < -0.3 is 24.4 Å². The number of nitrogens with zero attached hydrogens (tertiary/aromatic N) is 1. The normalized spacial score (nSPS) is 11.4. The first kappa shape index (κ1) is 25.6. The second-order valence-corrected chi connectivity index (χ2v) is 7.69. The van der Waals surface area contributed by atoms with Crippen LogP contribution < -0.4 is 19.5 Å². The molecular weight excluding hydrogens is 455 g/mol. The van der Waals surface area contributed by atoms with Gasteiger partial charge in [0.05, 0.1) is 14.2 Å². The van der Waals surface area contributed by atoms with E-state index in [9.17, 15) is 9.59 Å². The fourth-order valence-electron chi connectivity index (χ4n) is 3.16. The highest BCUT2D eigenvalue weighted by Crippen LogP contribution is 2.29. The minimum absolute atomic E-state index is 0.0672. The summed E-state index contributed by atoms with van der Waals surface area (Å²) in [5.41, 5.74) is 0.565. The van der Waals surface area contributed by atoms with E-state index < -0.39 is 6.04 Å². The first-order chi connectivity index (χ1) is 15.3. The van der Waals surface area contributed by atoms with Crippen LogP contribution in [-0.4, -0.2) is 50.1 Å². The maximum Gasteiger partial charge on any atom is 0.261 e. The number of hydrogen-bond donors (Lipinski definition) is 1. The third-order valence-electron chi connectivity index (χ3n) is 4.81. The number of methoxy groups -OCH3 is 2. The van der Waals surface area contributed by atoms with Crippen LogP contribution in [0.5, 0.6) is 17.2 Å². The molecule has 0 fully saturated rings. The maximum atomic E-state index is 13.2. The van der Waals surface area contributed by atoms with Crippen molar-refractivity contribution in [1.29, 1.82) is 0 Å². The molecule has 2 amide bonds. The van der Waals surface area contributed by atoms with Crippen molar-refractivity contribution in [2.45, 2.75) is 32.9 Å². The van der Waals surface area contributed by atoms with Crippen molar-refractivity contribution in [2.75, 3.05) is 27.4 Å². The van der Waals surface area contributed by atoms with E-state index in [0.29, 0.717) is 45.8 Å². The first-order valence-electron chi connectivity index (χ1n) is 10.2. The Bertz CT molecular complexity index is 896. The Hall–Kier alpha value is -2.64. The molecule has 2 aromatic carbocycles. The van der Waals surface area contributed by atoms with E-state index in [1.54, 1.807) is 36.4 Å². The number of likely N-dealkylation sites (N-methyl/N-ethyl adjacent to an activating group) is 1. The highest BCUT2D eigenvalue weighted by atomic mass is 35.5. The van der Waals surface area contributed by atoms with Gasteiger partial charge >= 0.3 is 0 Å². The Kier molecular flexibility index (Phi) is 9.94. The van der Waals surface area contributed by atoms with E-state index >= 15 is 0 Å². The largest absolute Gasteiger partial charge is 0.496 e. The molecule has 7 nitrogen and oxygen atoms in total. The summed E-state index contributed by atoms with van der Waals surface area (Å²) in [6.07, 6.45) is 0.409. The van der Waals surface area contributed by atoms with E-state index in [4.69, 9.17) is 37.4 Å². The van der Waals surface area contributed by atoms with Gasteiger partial charge in [0.1, 0.15) is 23.3 Å². The Balaban J connectivity index is 2.30. The fraction of sp³-hybridized carbons (Fsp3) is 0.391. The second-order valence-electron chi connectivity index (χ2n) is 6.88. The monoisotopic (exact) mass is 482 g/mol. The van der Waals surface area contributed by atoms with Gasteiger partial charge in [-0.05, 0) is 25.5 Å². The molecule has 9 heteroatoms. The molecule has 0 aliphatic carbocycles. The van der Waals surface area contributed by atoms with Crippen LogP contribution in [0.15, 0.2) is 36.4 Å². The number of nitrogens with one attached hydrogen (secondary N) is 1. The topological polar surface area (TPSA) is 77.1 Å². The number of carbonyl (C=O) groups is 2. The maximum absolute atomic E-state index is 13.2. The standard InChI is InChI=1S/C23H28Cl2N2O5/c1-5-21(23(29)26-6-2)27(13-18-19(24)8-7-9-20(18)25)22(28)14-32-17-11-15(30-3)10-16(12-17)31-4/h7-12,21H,5-6,13-14H2,1-4H3,(H,26,29). The highest BCUT2D eigenvalue weighted by Gasteiger charge is 2.29. The zero-order valence-electron chi connectivity index (χ0n) is 18.6. The summed E-state index contributed by atoms with van der Waals surface area (Å²) in [6.45, 7) is 3.87. The van der Waals surface area contributed by atoms with E-state index in [-0.39, 0.29) is 25.0 Å². The van der Waals surface area contributed by atoms with Crippen molar-refractivity contribution in [1.82, 2.24) is 10.2 Å². The van der Waals surface area contributed by atoms with Crippen LogP contribution in [0.4, 0.5) is 0 Å². The second kappa shape index (κ2) is 12.4. The molecule has 1 atom stereocenters. The van der Waals surface area contributed by atoms with Crippen LogP contribution in [0.1, 0.15) is 25.8 Å². The summed E-state index contributed by atoms with van der Waals surface area (Å²) in [5.74, 6) is 0.812. The summed E-state index contributed by atoms with van der Waals surface area (Å²) < 4.78 is 16.2. The third kappa shape index (κ3) is 6.68. The van der Waals surface area contributed by atoms with Crippen LogP contribution in [0, 0.1) is 0 Å². The van der Waals surface area contributed by atoms with Gasteiger partial charge in [-0.2, -0.15) is 0 Å². The third-order valence-corrected chi connectivity index (χ3v) is 5.52. The van der Waals surface area contributed by atoms with Crippen molar-refractivity contribution < 1.29 is 23.8 Å². The van der Waals surface area contributed by atoms with Crippen LogP contribution in [0.3, 0.4) is 0 Å². The predicted octanol–water partition coefficient (Wildman–Crippen LogP) is 4.33. The summed E-state index contributed by atoms with van der Waals surface area (Å²) in [5, 5.41) is 3.61. The van der Waals surface area contributed by atoms with Crippen molar-refractivity contribution in [2.24, 2.45) is 0 Å². The SMILES string of the molecule is CCNC(=O)C(CC)N(Cc1c(Cl)cccc1Cl)C(=O)COc1cc(OC)cc(OC)c1. The van der Waals surface area contributed by atoms with Crippen LogP contribution in [-0.2, 0) is 16.1 Å². The molecule has 32 heavy (non-hydrogen) atoms. The lowest BCUT2D eigenvalue weighted by atomic mass is 10.1. The zero-order valence-corrected chi connectivity index (χ0v) is 20.1. The molecule has 2 rings (SSSR count). The number of rotatable bonds is 11. The van der Waals surface area contributed by atoms with Gasteiger partial charge in [-0.15, -0.1) is 0 Å². The van der Waals surface area contributed by atoms with Crippen LogP contribution in [0.25, 0.3) is 0 Å². The van der Waals surface area contributed by atoms with Crippen LogP contribution >= 0.6 is 23.2 Å². The first-order valence-corrected chi connectivity index (χ1v) is 11.0. The van der Waals surface area contributed by atoms with Gasteiger partial charge in [-0.25, -0.2) is 0 Å². The molecule has 0 saturated heterocycles. The van der Waals surface area contributed by atoms with Gasteiger partial charge in [-0.1, -0.05) is 36.2 Å². The van der Waals surface area contributed by atoms with Gasteiger partial charge in [0.2, 0.25) is 5.91 Å². The summed E-state index contributed by atoms with van der Waals surface area (Å²) in [7, 11) is 3.05. The molecular formula is C23H28Cl2N2O5. The molecule has 0 aliphatic heterocycles. The lowest BCUT2D eigenvalue weighted by molar-refractivity contribution is -0.142. The smallest absolute Gasteiger partial charge is 0.261 e. The molecule has 0 spiro atoms. The Morgan fingerprint density at radius 2 is 1.56 bits per heavy atom. The number of benzene rings is 2. The molecule has 0 aromatic heterocycles. The average Bonchev–Trinajstić information content (AvgIpc) is 2.79. The summed E-state index contributed by atoms with van der Waals surface area (Å²) in [4.78, 5) is 27.4. The Morgan fingerprint density at radius 1 is 1.00 bits per heavy atom. The number of amides is 2. The quantitative estimate of drug-likeness (QED) is 0.515. The molecule has 0 radical (unpaired) electrons. The Labute approximate surface area is 198 Å². The van der Waals surface area contributed by atoms with E-state index in [0.717, 1.165) is 0 Å². The lowest BCUT2D eigenvalue weighted by Crippen LogP contribution is -2.50. The number of hydrogen-bond acceptors (Lipinski definition) is 5. The van der Waals surface area contributed by atoms with Crippen molar-refractivity contribution >= 4 is 35.0 Å². The van der Waals surface area contributed by atoms with E-state index in [1.165, 1.54) is 19.1 Å². The Morgan fingerprint density at radius 3 is 2.06 bits per heavy atom. The minimum Gasteiger partial charge on any atom is -0.496 e. The molecule has 0 saturated carbocycles. The molecule has 0 aliphatic rings. The minimum atomic E-state index is -0.710. The summed E-state index contributed by atoms with van der Waals surface area (Å²) >= 11 is 12.6. The van der Waals surface area contributed by atoms with E-state index in [2.05, 4.69) is 5.32 Å². The van der Waals surface area contributed by atoms with Gasteiger partial charge in [0, 0.05) is 46.9 Å². The summed E-state index contributed by atoms with van der Waals surface area (Å²) in [6, 6.07) is 9.38. The zero-order chi connectivity index (χ0) is 23.7. The number of ether oxygens (including phenoxy) is 3. The molecule has 2 aromatic rings. The molecule has 0 heterocycles. The van der Waals surface area contributed by atoms with Crippen molar-refractivity contribution in [3.05, 3.63) is 52.0 Å². The molecule has 0 bridgehead atoms. The number of carbonyl (C=O) groups excluding carboxylic acids is 2. The molecule has 1 N–H and O–H groups in total. The number of halogens is 2. The lowest BCUT2D eigenvalue weighted by Gasteiger charge is -2.31. The van der Waals surface area contributed by atoms with Crippen molar-refractivity contribution in [3.63, 3.8) is 0 Å². The van der Waals surface area contributed by atoms with Crippen molar-refractivity contribution in [3.8, 4) is 17.2 Å². The highest BCUT2D eigenvalue weighted by molar-refractivity contribution is 6.36. The average molecular weight is 483 g/mol. The van der Waals surface area contributed by atoms with Gasteiger partial charge in [0.25, 0.3) is 5.91 Å². The van der Waals surface area contributed by atoms with Gasteiger partial charge in [-0.3, -0.25) is 9.59 Å². The predicted molar refractivity (Wildman–Crippen MR) is 125 cm³/mol.